The fraction of sp³-hybridized carbons (Fsp3) is 0.500. The molecule has 0 spiro atoms. The van der Waals surface area contributed by atoms with Gasteiger partial charge in [-0.1, -0.05) is 0 Å². The van der Waals surface area contributed by atoms with Gasteiger partial charge < -0.3 is 10.1 Å². The molecule has 1 N–H and O–H groups in total. The maximum atomic E-state index is 12.9. The third kappa shape index (κ3) is 3.53. The second-order valence-corrected chi connectivity index (χ2v) is 5.77. The van der Waals surface area contributed by atoms with Gasteiger partial charge in [0.1, 0.15) is 12.2 Å². The Labute approximate surface area is 137 Å². The summed E-state index contributed by atoms with van der Waals surface area (Å²) >= 11 is 0. The van der Waals surface area contributed by atoms with Crippen LogP contribution in [0.4, 0.5) is 13.2 Å². The molecule has 0 fully saturated rings. The summed E-state index contributed by atoms with van der Waals surface area (Å²) in [4.78, 5) is 3.69. The number of fused-ring (bicyclic) bond motifs is 1. The summed E-state index contributed by atoms with van der Waals surface area (Å²) in [6, 6.07) is 2.38. The van der Waals surface area contributed by atoms with Crippen LogP contribution >= 0.6 is 0 Å². The van der Waals surface area contributed by atoms with Gasteiger partial charge in [0, 0.05) is 37.1 Å². The van der Waals surface area contributed by atoms with Crippen molar-refractivity contribution in [1.82, 2.24) is 20.1 Å². The van der Waals surface area contributed by atoms with Crippen molar-refractivity contribution in [2.45, 2.75) is 31.5 Å². The highest BCUT2D eigenvalue weighted by Crippen LogP contribution is 2.34. The average Bonchev–Trinajstić information content (AvgIpc) is 2.93. The molecule has 0 bridgehead atoms. The number of ether oxygens (including phenoxy) is 1. The minimum atomic E-state index is -4.47. The number of nitrogens with one attached hydrogen (secondary N) is 1. The number of alkyl halides is 3. The SMILES string of the molecule is Cn1ncc2c1CCCC2NCCOc1ncccc1C(F)(F)F. The van der Waals surface area contributed by atoms with Crippen molar-refractivity contribution in [3.8, 4) is 5.88 Å². The summed E-state index contributed by atoms with van der Waals surface area (Å²) in [6.45, 7) is 0.555. The first-order chi connectivity index (χ1) is 11.5. The number of hydrogen-bond acceptors (Lipinski definition) is 4. The van der Waals surface area contributed by atoms with Gasteiger partial charge in [0.05, 0.1) is 6.20 Å². The van der Waals surface area contributed by atoms with E-state index < -0.39 is 11.7 Å². The van der Waals surface area contributed by atoms with Gasteiger partial charge in [0.15, 0.2) is 0 Å². The maximum absolute atomic E-state index is 12.9. The maximum Gasteiger partial charge on any atom is 0.421 e. The predicted molar refractivity (Wildman–Crippen MR) is 81.6 cm³/mol. The van der Waals surface area contributed by atoms with Crippen LogP contribution in [0, 0.1) is 0 Å². The van der Waals surface area contributed by atoms with Gasteiger partial charge in [0.2, 0.25) is 5.88 Å². The van der Waals surface area contributed by atoms with E-state index in [1.165, 1.54) is 18.0 Å². The van der Waals surface area contributed by atoms with E-state index in [9.17, 15) is 13.2 Å². The van der Waals surface area contributed by atoms with Crippen molar-refractivity contribution >= 4 is 0 Å². The molecule has 0 saturated carbocycles. The van der Waals surface area contributed by atoms with Gasteiger partial charge >= 0.3 is 6.18 Å². The third-order valence-electron chi connectivity index (χ3n) is 4.18. The van der Waals surface area contributed by atoms with Crippen LogP contribution in [0.5, 0.6) is 5.88 Å². The van der Waals surface area contributed by atoms with Gasteiger partial charge in [-0.3, -0.25) is 4.68 Å². The van der Waals surface area contributed by atoms with E-state index in [1.54, 1.807) is 0 Å². The molecule has 0 amide bonds. The summed E-state index contributed by atoms with van der Waals surface area (Å²) in [7, 11) is 1.92. The number of aromatic nitrogens is 3. The number of hydrogen-bond donors (Lipinski definition) is 1. The zero-order valence-corrected chi connectivity index (χ0v) is 13.3. The summed E-state index contributed by atoms with van der Waals surface area (Å²) in [6.07, 6.45) is 1.72. The molecular formula is C16H19F3N4O. The van der Waals surface area contributed by atoms with E-state index in [4.69, 9.17) is 4.74 Å². The van der Waals surface area contributed by atoms with Gasteiger partial charge in [-0.15, -0.1) is 0 Å². The second kappa shape index (κ2) is 6.80. The molecule has 1 aliphatic carbocycles. The standard InChI is InChI=1S/C16H19F3N4O/c1-23-14-6-2-5-13(11(14)10-22-23)20-8-9-24-15-12(16(17,18)19)4-3-7-21-15/h3-4,7,10,13,20H,2,5-6,8-9H2,1H3. The Balaban J connectivity index is 1.56. The number of rotatable bonds is 5. The van der Waals surface area contributed by atoms with Crippen molar-refractivity contribution in [2.24, 2.45) is 7.05 Å². The highest BCUT2D eigenvalue weighted by Gasteiger charge is 2.35. The number of aryl methyl sites for hydroxylation is 1. The van der Waals surface area contributed by atoms with Crippen molar-refractivity contribution in [1.29, 1.82) is 0 Å². The lowest BCUT2D eigenvalue weighted by Crippen LogP contribution is -2.29. The van der Waals surface area contributed by atoms with E-state index in [0.29, 0.717) is 6.54 Å². The first-order valence-corrected chi connectivity index (χ1v) is 7.86. The Morgan fingerprint density at radius 3 is 3.04 bits per heavy atom. The third-order valence-corrected chi connectivity index (χ3v) is 4.18. The molecule has 1 unspecified atom stereocenters. The lowest BCUT2D eigenvalue weighted by atomic mass is 9.93. The summed E-state index contributed by atoms with van der Waals surface area (Å²) in [5.74, 6) is -0.377. The van der Waals surface area contributed by atoms with Crippen LogP contribution < -0.4 is 10.1 Å². The monoisotopic (exact) mass is 340 g/mol. The van der Waals surface area contributed by atoms with Gasteiger partial charge in [0.25, 0.3) is 0 Å². The summed E-state index contributed by atoms with van der Waals surface area (Å²) in [5, 5.41) is 7.61. The Kier molecular flexibility index (Phi) is 4.75. The van der Waals surface area contributed by atoms with Crippen LogP contribution in [0.1, 0.15) is 35.7 Å². The Hall–Kier alpha value is -2.09. The van der Waals surface area contributed by atoms with Crippen molar-refractivity contribution in [2.75, 3.05) is 13.2 Å². The molecule has 8 heteroatoms. The Bertz CT molecular complexity index is 699. The zero-order valence-electron chi connectivity index (χ0n) is 13.3. The largest absolute Gasteiger partial charge is 0.476 e. The lowest BCUT2D eigenvalue weighted by Gasteiger charge is -2.24. The predicted octanol–water partition coefficient (Wildman–Crippen LogP) is 2.88. The van der Waals surface area contributed by atoms with E-state index in [1.807, 2.05) is 17.9 Å². The van der Waals surface area contributed by atoms with Crippen LogP contribution in [-0.2, 0) is 19.6 Å². The topological polar surface area (TPSA) is 52.0 Å². The van der Waals surface area contributed by atoms with Gasteiger partial charge in [-0.05, 0) is 31.4 Å². The Morgan fingerprint density at radius 2 is 2.25 bits per heavy atom. The molecule has 1 atom stereocenters. The molecule has 2 aromatic rings. The van der Waals surface area contributed by atoms with Crippen molar-refractivity contribution in [3.63, 3.8) is 0 Å². The quantitative estimate of drug-likeness (QED) is 0.851. The Morgan fingerprint density at radius 1 is 1.42 bits per heavy atom. The molecule has 0 radical (unpaired) electrons. The van der Waals surface area contributed by atoms with Crippen LogP contribution in [0.2, 0.25) is 0 Å². The van der Waals surface area contributed by atoms with E-state index in [0.717, 1.165) is 30.9 Å². The minimum Gasteiger partial charge on any atom is -0.476 e. The van der Waals surface area contributed by atoms with E-state index >= 15 is 0 Å². The second-order valence-electron chi connectivity index (χ2n) is 5.77. The summed E-state index contributed by atoms with van der Waals surface area (Å²) < 4.78 is 45.7. The summed E-state index contributed by atoms with van der Waals surface area (Å²) in [5.41, 5.74) is 1.53. The molecule has 3 rings (SSSR count). The minimum absolute atomic E-state index is 0.117. The number of pyridine rings is 1. The van der Waals surface area contributed by atoms with Crippen LogP contribution in [0.3, 0.4) is 0 Å². The van der Waals surface area contributed by atoms with Gasteiger partial charge in [-0.25, -0.2) is 4.98 Å². The van der Waals surface area contributed by atoms with E-state index in [-0.39, 0.29) is 18.5 Å². The average molecular weight is 340 g/mol. The van der Waals surface area contributed by atoms with Crippen molar-refractivity contribution < 1.29 is 17.9 Å². The first kappa shape index (κ1) is 16.8. The van der Waals surface area contributed by atoms with Gasteiger partial charge in [-0.2, -0.15) is 18.3 Å². The lowest BCUT2D eigenvalue weighted by molar-refractivity contribution is -0.139. The normalized spacial score (nSPS) is 17.6. The zero-order chi connectivity index (χ0) is 17.2. The molecule has 0 aliphatic heterocycles. The molecule has 1 aliphatic rings. The van der Waals surface area contributed by atoms with Crippen LogP contribution in [-0.4, -0.2) is 27.9 Å². The molecule has 0 aromatic carbocycles. The smallest absolute Gasteiger partial charge is 0.421 e. The molecule has 0 saturated heterocycles. The molecule has 2 aromatic heterocycles. The highest BCUT2D eigenvalue weighted by atomic mass is 19.4. The van der Waals surface area contributed by atoms with Crippen LogP contribution in [0.25, 0.3) is 0 Å². The highest BCUT2D eigenvalue weighted by molar-refractivity contribution is 5.28. The van der Waals surface area contributed by atoms with Crippen LogP contribution in [0.15, 0.2) is 24.5 Å². The molecule has 2 heterocycles. The molecule has 130 valence electrons. The first-order valence-electron chi connectivity index (χ1n) is 7.86. The van der Waals surface area contributed by atoms with Crippen molar-refractivity contribution in [3.05, 3.63) is 41.3 Å². The van der Waals surface area contributed by atoms with E-state index in [2.05, 4.69) is 15.4 Å². The molecular weight excluding hydrogens is 321 g/mol. The fourth-order valence-corrected chi connectivity index (χ4v) is 3.02. The number of nitrogens with zero attached hydrogens (tertiary/aromatic N) is 3. The molecule has 5 nitrogen and oxygen atoms in total. The molecule has 24 heavy (non-hydrogen) atoms. The fourth-order valence-electron chi connectivity index (χ4n) is 3.02. The number of halogens is 3.